The molecule has 0 aromatic heterocycles. The Kier molecular flexibility index (Phi) is 6.82. The second kappa shape index (κ2) is 10.1. The third-order valence-corrected chi connectivity index (χ3v) is 8.01. The minimum absolute atomic E-state index is 0.322. The number of para-hydroxylation sites is 1. The highest BCUT2D eigenvalue weighted by molar-refractivity contribution is 6.25. The SMILES string of the molecule is CCc1cccc(CC)c1N1C(=O)C2C(c3ccc(C(=O)OC)cc3)NC(C(=O)O)(c3ccccc3)C2C1=O. The van der Waals surface area contributed by atoms with Crippen molar-refractivity contribution in [2.45, 2.75) is 38.3 Å². The summed E-state index contributed by atoms with van der Waals surface area (Å²) in [6.45, 7) is 3.92. The molecule has 2 N–H and O–H groups in total. The van der Waals surface area contributed by atoms with Gasteiger partial charge in [-0.1, -0.05) is 74.5 Å². The maximum absolute atomic E-state index is 14.3. The number of rotatable bonds is 7. The molecule has 2 saturated heterocycles. The van der Waals surface area contributed by atoms with Gasteiger partial charge < -0.3 is 9.84 Å². The van der Waals surface area contributed by atoms with Crippen LogP contribution in [-0.4, -0.2) is 36.0 Å². The molecule has 0 radical (unpaired) electrons. The highest BCUT2D eigenvalue weighted by Gasteiger charge is 2.69. The van der Waals surface area contributed by atoms with E-state index in [-0.39, 0.29) is 0 Å². The number of aryl methyl sites for hydroxylation is 2. The van der Waals surface area contributed by atoms with Gasteiger partial charge in [-0.25, -0.2) is 14.5 Å². The zero-order valence-corrected chi connectivity index (χ0v) is 22.0. The van der Waals surface area contributed by atoms with Crippen LogP contribution in [0.2, 0.25) is 0 Å². The molecule has 0 saturated carbocycles. The molecule has 3 aromatic carbocycles. The summed E-state index contributed by atoms with van der Waals surface area (Å²) >= 11 is 0. The van der Waals surface area contributed by atoms with Gasteiger partial charge in [-0.15, -0.1) is 0 Å². The van der Waals surface area contributed by atoms with Gasteiger partial charge in [-0.2, -0.15) is 0 Å². The third-order valence-electron chi connectivity index (χ3n) is 8.01. The minimum Gasteiger partial charge on any atom is -0.480 e. The number of nitrogens with zero attached hydrogens (tertiary/aromatic N) is 1. The monoisotopic (exact) mass is 526 g/mol. The molecule has 2 aliphatic heterocycles. The minimum atomic E-state index is -1.84. The fraction of sp³-hybridized carbons (Fsp3) is 0.290. The van der Waals surface area contributed by atoms with Gasteiger partial charge >= 0.3 is 11.9 Å². The molecule has 8 heteroatoms. The summed E-state index contributed by atoms with van der Waals surface area (Å²) in [5.41, 5.74) is 1.73. The Bertz CT molecular complexity index is 1430. The largest absolute Gasteiger partial charge is 0.480 e. The number of aliphatic carboxylic acids is 1. The topological polar surface area (TPSA) is 113 Å². The lowest BCUT2D eigenvalue weighted by Gasteiger charge is -2.32. The highest BCUT2D eigenvalue weighted by Crippen LogP contribution is 2.54. The van der Waals surface area contributed by atoms with E-state index >= 15 is 0 Å². The Labute approximate surface area is 226 Å². The molecule has 4 atom stereocenters. The number of hydrogen-bond acceptors (Lipinski definition) is 6. The summed E-state index contributed by atoms with van der Waals surface area (Å²) in [7, 11) is 1.29. The van der Waals surface area contributed by atoms with Crippen LogP contribution in [0.5, 0.6) is 0 Å². The number of methoxy groups -OCH3 is 1. The average Bonchev–Trinajstić information content (AvgIpc) is 3.46. The molecule has 5 rings (SSSR count). The lowest BCUT2D eigenvalue weighted by Crippen LogP contribution is -2.53. The van der Waals surface area contributed by atoms with Gasteiger partial charge in [0.1, 0.15) is 0 Å². The van der Waals surface area contributed by atoms with E-state index in [4.69, 9.17) is 4.74 Å². The molecular formula is C31H30N2O6. The van der Waals surface area contributed by atoms with Gasteiger partial charge in [-0.05, 0) is 47.2 Å². The van der Waals surface area contributed by atoms with Gasteiger partial charge in [0.05, 0.1) is 30.2 Å². The Balaban J connectivity index is 1.71. The van der Waals surface area contributed by atoms with Crippen molar-refractivity contribution < 1.29 is 29.0 Å². The lowest BCUT2D eigenvalue weighted by atomic mass is 9.75. The molecule has 2 fully saturated rings. The number of carboxylic acids is 1. The lowest BCUT2D eigenvalue weighted by molar-refractivity contribution is -0.149. The molecule has 39 heavy (non-hydrogen) atoms. The van der Waals surface area contributed by atoms with Crippen molar-refractivity contribution in [3.05, 3.63) is 101 Å². The van der Waals surface area contributed by atoms with Crippen molar-refractivity contribution in [1.29, 1.82) is 0 Å². The highest BCUT2D eigenvalue weighted by atomic mass is 16.5. The van der Waals surface area contributed by atoms with Gasteiger partial charge in [-0.3, -0.25) is 14.9 Å². The van der Waals surface area contributed by atoms with Crippen LogP contribution in [0.15, 0.2) is 72.8 Å². The first-order valence-electron chi connectivity index (χ1n) is 13.0. The van der Waals surface area contributed by atoms with E-state index in [9.17, 15) is 24.3 Å². The zero-order valence-electron chi connectivity index (χ0n) is 22.0. The van der Waals surface area contributed by atoms with E-state index in [2.05, 4.69) is 5.32 Å². The summed E-state index contributed by atoms with van der Waals surface area (Å²) in [6.07, 6.45) is 1.21. The molecule has 8 nitrogen and oxygen atoms in total. The van der Waals surface area contributed by atoms with E-state index in [1.807, 2.05) is 32.0 Å². The summed E-state index contributed by atoms with van der Waals surface area (Å²) in [6, 6.07) is 19.9. The average molecular weight is 527 g/mol. The van der Waals surface area contributed by atoms with Crippen molar-refractivity contribution >= 4 is 29.4 Å². The van der Waals surface area contributed by atoms with E-state index in [1.165, 1.54) is 12.0 Å². The fourth-order valence-electron chi connectivity index (χ4n) is 6.15. The number of carbonyl (C=O) groups excluding carboxylic acids is 3. The predicted octanol–water partition coefficient (Wildman–Crippen LogP) is 4.03. The molecule has 0 spiro atoms. The number of benzene rings is 3. The van der Waals surface area contributed by atoms with Gasteiger partial charge in [0.15, 0.2) is 5.54 Å². The van der Waals surface area contributed by atoms with E-state index in [0.717, 1.165) is 11.1 Å². The number of carboxylic acid groups (broad SMARTS) is 1. The first-order valence-corrected chi connectivity index (χ1v) is 13.0. The number of anilines is 1. The smallest absolute Gasteiger partial charge is 0.337 e. The predicted molar refractivity (Wildman–Crippen MR) is 144 cm³/mol. The van der Waals surface area contributed by atoms with Crippen LogP contribution in [0.1, 0.15) is 52.5 Å². The zero-order chi connectivity index (χ0) is 27.9. The van der Waals surface area contributed by atoms with Gasteiger partial charge in [0.25, 0.3) is 0 Å². The first-order chi connectivity index (χ1) is 18.8. The van der Waals surface area contributed by atoms with E-state index in [0.29, 0.717) is 35.2 Å². The number of esters is 1. The van der Waals surface area contributed by atoms with Crippen LogP contribution in [0, 0.1) is 11.8 Å². The normalized spacial score (nSPS) is 24.1. The van der Waals surface area contributed by atoms with Crippen LogP contribution in [-0.2, 0) is 37.5 Å². The van der Waals surface area contributed by atoms with Crippen molar-refractivity contribution in [3.8, 4) is 0 Å². The van der Waals surface area contributed by atoms with Crippen molar-refractivity contribution in [2.24, 2.45) is 11.8 Å². The summed E-state index contributed by atoms with van der Waals surface area (Å²) in [4.78, 5) is 55.0. The molecule has 0 bridgehead atoms. The molecule has 2 heterocycles. The summed E-state index contributed by atoms with van der Waals surface area (Å²) < 4.78 is 4.79. The number of imide groups is 1. The Morgan fingerprint density at radius 2 is 1.51 bits per heavy atom. The van der Waals surface area contributed by atoms with Gasteiger partial charge in [0.2, 0.25) is 11.8 Å². The van der Waals surface area contributed by atoms with E-state index in [1.54, 1.807) is 54.6 Å². The first kappa shape index (κ1) is 26.3. The number of nitrogens with one attached hydrogen (secondary N) is 1. The summed E-state index contributed by atoms with van der Waals surface area (Å²) in [5, 5.41) is 13.9. The van der Waals surface area contributed by atoms with E-state index < -0.39 is 47.2 Å². The molecule has 200 valence electrons. The standard InChI is InChI=1S/C31H30N2O6/c1-4-18-10-9-11-19(5-2)26(18)33-27(34)23-24(28(33)35)31(30(37)38,22-12-7-6-8-13-22)32-25(23)20-14-16-21(17-15-20)29(36)39-3/h6-17,23-25,32H,4-5H2,1-3H3,(H,37,38). The molecule has 2 amide bonds. The van der Waals surface area contributed by atoms with Crippen LogP contribution in [0.3, 0.4) is 0 Å². The van der Waals surface area contributed by atoms with Crippen molar-refractivity contribution in [2.75, 3.05) is 12.0 Å². The fourth-order valence-corrected chi connectivity index (χ4v) is 6.15. The molecule has 2 aliphatic rings. The van der Waals surface area contributed by atoms with Crippen LogP contribution < -0.4 is 10.2 Å². The second-order valence-corrected chi connectivity index (χ2v) is 9.86. The Hall–Kier alpha value is -4.30. The number of ether oxygens (including phenoxy) is 1. The Morgan fingerprint density at radius 1 is 0.897 bits per heavy atom. The second-order valence-electron chi connectivity index (χ2n) is 9.86. The maximum atomic E-state index is 14.3. The van der Waals surface area contributed by atoms with Gasteiger partial charge in [0, 0.05) is 6.04 Å². The Morgan fingerprint density at radius 3 is 2.05 bits per heavy atom. The molecule has 4 unspecified atom stereocenters. The third kappa shape index (κ3) is 3.94. The molecular weight excluding hydrogens is 496 g/mol. The maximum Gasteiger partial charge on any atom is 0.337 e. The van der Waals surface area contributed by atoms with Crippen LogP contribution in [0.4, 0.5) is 5.69 Å². The summed E-state index contributed by atoms with van der Waals surface area (Å²) in [5.74, 6) is -4.89. The molecule has 0 aliphatic carbocycles. The van der Waals surface area contributed by atoms with Crippen LogP contribution >= 0.6 is 0 Å². The number of carbonyl (C=O) groups is 4. The van der Waals surface area contributed by atoms with Crippen molar-refractivity contribution in [1.82, 2.24) is 5.32 Å². The quantitative estimate of drug-likeness (QED) is 0.353. The number of hydrogen-bond donors (Lipinski definition) is 2. The number of amides is 2. The molecule has 3 aromatic rings. The number of fused-ring (bicyclic) bond motifs is 1. The van der Waals surface area contributed by atoms with Crippen molar-refractivity contribution in [3.63, 3.8) is 0 Å². The van der Waals surface area contributed by atoms with Crippen LogP contribution in [0.25, 0.3) is 0 Å².